The Hall–Kier alpha value is 0.920. The van der Waals surface area contributed by atoms with E-state index in [0.717, 1.165) is 11.1 Å². The van der Waals surface area contributed by atoms with Crippen LogP contribution in [0.4, 0.5) is 11.4 Å². The van der Waals surface area contributed by atoms with Gasteiger partial charge >= 0.3 is 0 Å². The molecule has 0 atom stereocenters. The lowest BCUT2D eigenvalue weighted by Crippen LogP contribution is -2.50. The van der Waals surface area contributed by atoms with Crippen molar-refractivity contribution < 1.29 is 0 Å². The molecule has 8 heteroatoms. The first kappa shape index (κ1) is 20.2. The molecule has 2 nitrogen and oxygen atoms in total. The maximum Gasteiger partial charge on any atom is 0.151 e. The van der Waals surface area contributed by atoms with Gasteiger partial charge in [0.1, 0.15) is 0 Å². The number of hydrogen-bond acceptors (Lipinski definition) is 2. The summed E-state index contributed by atoms with van der Waals surface area (Å²) in [6.07, 6.45) is 0. The molecule has 0 fully saturated rings. The molecular formula is C15H12Br6N2. The van der Waals surface area contributed by atoms with E-state index in [1.165, 1.54) is 0 Å². The zero-order chi connectivity index (χ0) is 17.5. The predicted molar refractivity (Wildman–Crippen MR) is 122 cm³/mol. The highest BCUT2D eigenvalue weighted by atomic mass is 80.0. The van der Waals surface area contributed by atoms with Crippen molar-refractivity contribution in [2.75, 3.05) is 11.5 Å². The minimum Gasteiger partial charge on any atom is -0.399 e. The lowest BCUT2D eigenvalue weighted by Gasteiger charge is -2.47. The van der Waals surface area contributed by atoms with Gasteiger partial charge in [-0.25, -0.2) is 0 Å². The summed E-state index contributed by atoms with van der Waals surface area (Å²) in [5.74, 6) is 0. The Labute approximate surface area is 185 Å². The van der Waals surface area contributed by atoms with E-state index >= 15 is 0 Å². The Morgan fingerprint density at radius 2 is 0.957 bits per heavy atom. The predicted octanol–water partition coefficient (Wildman–Crippen LogP) is 6.81. The zero-order valence-corrected chi connectivity index (χ0v) is 21.1. The second-order valence-electron chi connectivity index (χ2n) is 5.00. The van der Waals surface area contributed by atoms with E-state index in [-0.39, 0.29) is 0 Å². The van der Waals surface area contributed by atoms with Crippen molar-refractivity contribution in [2.45, 2.75) is 9.70 Å². The van der Waals surface area contributed by atoms with Gasteiger partial charge in [-0.1, -0.05) is 120 Å². The third-order valence-electron chi connectivity index (χ3n) is 3.49. The van der Waals surface area contributed by atoms with E-state index in [0.29, 0.717) is 11.4 Å². The Morgan fingerprint density at radius 3 is 1.22 bits per heavy atom. The largest absolute Gasteiger partial charge is 0.399 e. The zero-order valence-electron chi connectivity index (χ0n) is 11.5. The van der Waals surface area contributed by atoms with E-state index in [1.54, 1.807) is 0 Å². The van der Waals surface area contributed by atoms with Crippen LogP contribution >= 0.6 is 95.6 Å². The molecule has 0 spiro atoms. The maximum absolute atomic E-state index is 6.03. The average Bonchev–Trinajstić information content (AvgIpc) is 2.36. The summed E-state index contributed by atoms with van der Waals surface area (Å²) in [6, 6.07) is 15.4. The molecule has 0 aliphatic carbocycles. The number of nitrogen functional groups attached to an aromatic ring is 2. The van der Waals surface area contributed by atoms with Gasteiger partial charge in [0, 0.05) is 11.4 Å². The third kappa shape index (κ3) is 3.87. The lowest BCUT2D eigenvalue weighted by molar-refractivity contribution is 0.603. The number of nitrogens with two attached hydrogens (primary N) is 2. The SMILES string of the molecule is Nc1cccc(C(c2cccc(N)c2)(C(Br)(Br)Br)C(Br)(Br)Br)c1. The normalized spacial score (nSPS) is 13.1. The second kappa shape index (κ2) is 7.27. The highest BCUT2D eigenvalue weighted by molar-refractivity contribution is 9.40. The molecule has 0 radical (unpaired) electrons. The van der Waals surface area contributed by atoms with E-state index in [2.05, 4.69) is 95.6 Å². The summed E-state index contributed by atoms with van der Waals surface area (Å²) in [4.78, 5) is 0. The monoisotopic (exact) mass is 694 g/mol. The van der Waals surface area contributed by atoms with E-state index in [1.807, 2.05) is 48.5 Å². The standard InChI is InChI=1S/C15H12Br6N2/c16-14(17,18)13(15(19,20)21,9-3-1-5-11(22)7-9)10-4-2-6-12(23)8-10/h1-8H,22-23H2. The third-order valence-corrected chi connectivity index (χ3v) is 7.06. The molecule has 0 saturated carbocycles. The Kier molecular flexibility index (Phi) is 6.40. The van der Waals surface area contributed by atoms with Gasteiger partial charge in [-0.15, -0.1) is 0 Å². The summed E-state index contributed by atoms with van der Waals surface area (Å²) in [6.45, 7) is 0. The van der Waals surface area contributed by atoms with Gasteiger partial charge in [-0.05, 0) is 35.4 Å². The fourth-order valence-corrected chi connectivity index (χ4v) is 9.45. The van der Waals surface area contributed by atoms with E-state index < -0.39 is 9.70 Å². The number of anilines is 2. The van der Waals surface area contributed by atoms with Crippen LogP contribution in [0.3, 0.4) is 0 Å². The van der Waals surface area contributed by atoms with Crippen molar-refractivity contribution in [1.29, 1.82) is 0 Å². The number of rotatable bonds is 2. The molecule has 124 valence electrons. The summed E-state index contributed by atoms with van der Waals surface area (Å²) in [7, 11) is 0. The molecule has 0 aliphatic heterocycles. The fourth-order valence-electron chi connectivity index (χ4n) is 2.53. The molecule has 0 amide bonds. The first-order valence-electron chi connectivity index (χ1n) is 6.35. The number of alkyl halides is 6. The van der Waals surface area contributed by atoms with Crippen LogP contribution in [0, 0.1) is 0 Å². The van der Waals surface area contributed by atoms with Gasteiger partial charge < -0.3 is 11.5 Å². The highest BCUT2D eigenvalue weighted by Gasteiger charge is 2.60. The summed E-state index contributed by atoms with van der Waals surface area (Å²) >= 11 is 22.3. The topological polar surface area (TPSA) is 52.0 Å². The van der Waals surface area contributed by atoms with Gasteiger partial charge in [0.2, 0.25) is 0 Å². The van der Waals surface area contributed by atoms with E-state index in [9.17, 15) is 0 Å². The first-order chi connectivity index (χ1) is 10.5. The average molecular weight is 700 g/mol. The molecule has 0 bridgehead atoms. The van der Waals surface area contributed by atoms with Crippen LogP contribution in [0.2, 0.25) is 0 Å². The van der Waals surface area contributed by atoms with Gasteiger partial charge in [0.05, 0.1) is 5.41 Å². The molecule has 0 saturated heterocycles. The summed E-state index contributed by atoms with van der Waals surface area (Å²) in [5, 5.41) is 0. The van der Waals surface area contributed by atoms with Crippen LogP contribution < -0.4 is 11.5 Å². The quantitative estimate of drug-likeness (QED) is 0.268. The van der Waals surface area contributed by atoms with Crippen molar-refractivity contribution in [3.8, 4) is 0 Å². The van der Waals surface area contributed by atoms with Crippen LogP contribution in [-0.4, -0.2) is 4.29 Å². The lowest BCUT2D eigenvalue weighted by atomic mass is 9.77. The smallest absolute Gasteiger partial charge is 0.151 e. The Balaban J connectivity index is 2.93. The van der Waals surface area contributed by atoms with Gasteiger partial charge in [0.25, 0.3) is 0 Å². The summed E-state index contributed by atoms with van der Waals surface area (Å²) in [5.41, 5.74) is 14.6. The minimum atomic E-state index is -0.724. The second-order valence-corrected chi connectivity index (χ2v) is 18.5. The minimum absolute atomic E-state index is 0.671. The first-order valence-corrected chi connectivity index (χ1v) is 11.1. The highest BCUT2D eigenvalue weighted by Crippen LogP contribution is 2.66. The summed E-state index contributed by atoms with van der Waals surface area (Å²) < 4.78 is -1.45. The molecule has 0 heterocycles. The fraction of sp³-hybridized carbons (Fsp3) is 0.200. The molecule has 2 aromatic carbocycles. The Morgan fingerprint density at radius 1 is 0.609 bits per heavy atom. The van der Waals surface area contributed by atoms with Crippen molar-refractivity contribution in [1.82, 2.24) is 0 Å². The van der Waals surface area contributed by atoms with Crippen LogP contribution in [0.25, 0.3) is 0 Å². The molecule has 4 N–H and O–H groups in total. The van der Waals surface area contributed by atoms with Gasteiger partial charge in [0.15, 0.2) is 4.29 Å². The van der Waals surface area contributed by atoms with Crippen molar-refractivity contribution in [3.63, 3.8) is 0 Å². The number of halogens is 6. The van der Waals surface area contributed by atoms with Crippen molar-refractivity contribution in [2.24, 2.45) is 0 Å². The number of benzene rings is 2. The molecular weight excluding hydrogens is 688 g/mol. The molecule has 2 rings (SSSR count). The van der Waals surface area contributed by atoms with Crippen LogP contribution in [0.15, 0.2) is 48.5 Å². The maximum atomic E-state index is 6.03. The van der Waals surface area contributed by atoms with Crippen LogP contribution in [-0.2, 0) is 5.41 Å². The van der Waals surface area contributed by atoms with Gasteiger partial charge in [-0.2, -0.15) is 0 Å². The Bertz CT molecular complexity index is 644. The van der Waals surface area contributed by atoms with Crippen LogP contribution in [0.5, 0.6) is 0 Å². The molecule has 2 aromatic rings. The van der Waals surface area contributed by atoms with Crippen LogP contribution in [0.1, 0.15) is 11.1 Å². The molecule has 23 heavy (non-hydrogen) atoms. The van der Waals surface area contributed by atoms with Crippen molar-refractivity contribution >= 4 is 107 Å². The molecule has 0 aromatic heterocycles. The molecule has 0 aliphatic rings. The van der Waals surface area contributed by atoms with E-state index in [4.69, 9.17) is 11.5 Å². The van der Waals surface area contributed by atoms with Crippen molar-refractivity contribution in [3.05, 3.63) is 59.7 Å². The molecule has 0 unspecified atom stereocenters. The number of hydrogen-bond donors (Lipinski definition) is 2. The van der Waals surface area contributed by atoms with Gasteiger partial charge in [-0.3, -0.25) is 0 Å².